The number of piperazine rings is 1. The van der Waals surface area contributed by atoms with Crippen LogP contribution in [0.15, 0.2) is 85.1 Å². The highest BCUT2D eigenvalue weighted by molar-refractivity contribution is 5.86. The van der Waals surface area contributed by atoms with E-state index in [2.05, 4.69) is 35.0 Å². The lowest BCUT2D eigenvalue weighted by molar-refractivity contribution is -0.137. The fourth-order valence-electron chi connectivity index (χ4n) is 5.32. The molecule has 0 bridgehead atoms. The molecule has 1 amide bonds. The molecule has 7 heteroatoms. The number of hydrogen-bond donors (Lipinski definition) is 0. The number of halogens is 3. The number of rotatable bonds is 6. The van der Waals surface area contributed by atoms with E-state index in [0.29, 0.717) is 38.3 Å². The van der Waals surface area contributed by atoms with Crippen molar-refractivity contribution < 1.29 is 18.0 Å². The molecule has 1 aliphatic rings. The van der Waals surface area contributed by atoms with E-state index in [1.165, 1.54) is 17.7 Å². The second-order valence-electron chi connectivity index (χ2n) is 9.72. The Labute approximate surface area is 214 Å². The Balaban J connectivity index is 1.31. The molecule has 192 valence electrons. The first-order valence-corrected chi connectivity index (χ1v) is 12.6. The summed E-state index contributed by atoms with van der Waals surface area (Å²) in [7, 11) is 2.03. The van der Waals surface area contributed by atoms with Gasteiger partial charge in [-0.05, 0) is 47.7 Å². The average molecular weight is 506 g/mol. The third-order valence-electron chi connectivity index (χ3n) is 7.28. The van der Waals surface area contributed by atoms with Crippen molar-refractivity contribution in [1.82, 2.24) is 9.47 Å². The predicted molar refractivity (Wildman–Crippen MR) is 141 cm³/mol. The van der Waals surface area contributed by atoms with E-state index in [4.69, 9.17) is 0 Å². The number of fused-ring (bicyclic) bond motifs is 1. The third kappa shape index (κ3) is 5.50. The molecule has 0 aliphatic carbocycles. The minimum absolute atomic E-state index is 0.0162. The molecule has 4 nitrogen and oxygen atoms in total. The molecule has 0 N–H and O–H groups in total. The minimum Gasteiger partial charge on any atom is -0.368 e. The molecule has 1 aliphatic heterocycles. The number of anilines is 1. The van der Waals surface area contributed by atoms with Crippen LogP contribution in [0.2, 0.25) is 0 Å². The second kappa shape index (κ2) is 10.3. The van der Waals surface area contributed by atoms with Crippen molar-refractivity contribution in [3.63, 3.8) is 0 Å². The summed E-state index contributed by atoms with van der Waals surface area (Å²) in [6.45, 7) is 1.99. The van der Waals surface area contributed by atoms with Gasteiger partial charge in [-0.2, -0.15) is 13.2 Å². The van der Waals surface area contributed by atoms with E-state index < -0.39 is 11.7 Å². The molecule has 1 fully saturated rings. The quantitative estimate of drug-likeness (QED) is 0.309. The van der Waals surface area contributed by atoms with E-state index in [-0.39, 0.29) is 11.8 Å². The summed E-state index contributed by atoms with van der Waals surface area (Å²) in [6, 6.07) is 23.9. The van der Waals surface area contributed by atoms with Crippen LogP contribution in [0.25, 0.3) is 10.9 Å². The number of nitrogens with zero attached hydrogens (tertiary/aromatic N) is 3. The molecule has 2 heterocycles. The van der Waals surface area contributed by atoms with E-state index in [0.717, 1.165) is 29.0 Å². The van der Waals surface area contributed by atoms with Gasteiger partial charge in [0.05, 0.1) is 5.56 Å². The van der Waals surface area contributed by atoms with Crippen LogP contribution in [0.5, 0.6) is 0 Å². The van der Waals surface area contributed by atoms with Crippen LogP contribution in [0, 0.1) is 0 Å². The topological polar surface area (TPSA) is 28.5 Å². The Hall–Kier alpha value is -3.74. The van der Waals surface area contributed by atoms with Crippen molar-refractivity contribution in [2.75, 3.05) is 31.1 Å². The predicted octanol–water partition coefficient (Wildman–Crippen LogP) is 6.26. The second-order valence-corrected chi connectivity index (χ2v) is 9.72. The third-order valence-corrected chi connectivity index (χ3v) is 7.28. The van der Waals surface area contributed by atoms with Crippen molar-refractivity contribution >= 4 is 22.5 Å². The van der Waals surface area contributed by atoms with Gasteiger partial charge in [-0.15, -0.1) is 0 Å². The molecule has 1 unspecified atom stereocenters. The first-order valence-electron chi connectivity index (χ1n) is 12.6. The number of hydrogen-bond acceptors (Lipinski definition) is 2. The molecular weight excluding hydrogens is 475 g/mol. The fraction of sp³-hybridized carbons (Fsp3) is 0.300. The minimum atomic E-state index is -4.37. The number of para-hydroxylation sites is 1. The zero-order valence-corrected chi connectivity index (χ0v) is 20.8. The lowest BCUT2D eigenvalue weighted by Gasteiger charge is -2.37. The van der Waals surface area contributed by atoms with Gasteiger partial charge >= 0.3 is 6.18 Å². The Kier molecular flexibility index (Phi) is 6.96. The number of alkyl halides is 3. The SMILES string of the molecule is Cn1cc(C(CC(=O)N2CCN(c3cccc(C(F)(F)F)c3)CC2)Cc2ccccc2)c2ccccc21. The highest BCUT2D eigenvalue weighted by atomic mass is 19.4. The van der Waals surface area contributed by atoms with Gasteiger partial charge in [-0.3, -0.25) is 4.79 Å². The summed E-state index contributed by atoms with van der Waals surface area (Å²) < 4.78 is 41.6. The van der Waals surface area contributed by atoms with Crippen molar-refractivity contribution in [3.05, 3.63) is 102 Å². The van der Waals surface area contributed by atoms with Crippen LogP contribution in [0.3, 0.4) is 0 Å². The lowest BCUT2D eigenvalue weighted by atomic mass is 9.88. The zero-order chi connectivity index (χ0) is 26.0. The summed E-state index contributed by atoms with van der Waals surface area (Å²) in [5.74, 6) is 0.0973. The Bertz CT molecular complexity index is 1370. The zero-order valence-electron chi connectivity index (χ0n) is 20.8. The van der Waals surface area contributed by atoms with E-state index >= 15 is 0 Å². The first kappa shape index (κ1) is 24.9. The maximum absolute atomic E-state index is 13.5. The summed E-state index contributed by atoms with van der Waals surface area (Å²) in [6.07, 6.45) is -1.10. The highest BCUT2D eigenvalue weighted by Crippen LogP contribution is 2.34. The molecule has 0 saturated carbocycles. The molecule has 1 aromatic heterocycles. The largest absolute Gasteiger partial charge is 0.416 e. The Morgan fingerprint density at radius 1 is 0.892 bits per heavy atom. The van der Waals surface area contributed by atoms with Crippen LogP contribution >= 0.6 is 0 Å². The first-order chi connectivity index (χ1) is 17.8. The molecule has 5 rings (SSSR count). The van der Waals surface area contributed by atoms with Gasteiger partial charge in [0.15, 0.2) is 0 Å². The Morgan fingerprint density at radius 2 is 1.59 bits per heavy atom. The van der Waals surface area contributed by atoms with Gasteiger partial charge < -0.3 is 14.4 Å². The fourth-order valence-corrected chi connectivity index (χ4v) is 5.32. The van der Waals surface area contributed by atoms with Crippen LogP contribution in [-0.4, -0.2) is 41.6 Å². The van der Waals surface area contributed by atoms with Crippen LogP contribution in [0.1, 0.15) is 29.0 Å². The molecule has 0 radical (unpaired) electrons. The summed E-state index contributed by atoms with van der Waals surface area (Å²) in [5.41, 5.74) is 3.38. The molecule has 3 aromatic carbocycles. The summed E-state index contributed by atoms with van der Waals surface area (Å²) in [5, 5.41) is 1.16. The number of amides is 1. The Morgan fingerprint density at radius 3 is 2.32 bits per heavy atom. The van der Waals surface area contributed by atoms with Crippen molar-refractivity contribution in [2.24, 2.45) is 7.05 Å². The monoisotopic (exact) mass is 505 g/mol. The van der Waals surface area contributed by atoms with Gasteiger partial charge in [0.25, 0.3) is 0 Å². The molecule has 4 aromatic rings. The van der Waals surface area contributed by atoms with E-state index in [9.17, 15) is 18.0 Å². The maximum atomic E-state index is 13.5. The molecule has 1 saturated heterocycles. The lowest BCUT2D eigenvalue weighted by Crippen LogP contribution is -2.49. The van der Waals surface area contributed by atoms with Gasteiger partial charge in [-0.25, -0.2) is 0 Å². The highest BCUT2D eigenvalue weighted by Gasteiger charge is 2.31. The maximum Gasteiger partial charge on any atom is 0.416 e. The number of carbonyl (C=O) groups is 1. The van der Waals surface area contributed by atoms with Gasteiger partial charge in [0.2, 0.25) is 5.91 Å². The molecule has 1 atom stereocenters. The van der Waals surface area contributed by atoms with Crippen molar-refractivity contribution in [3.8, 4) is 0 Å². The summed E-state index contributed by atoms with van der Waals surface area (Å²) >= 11 is 0. The van der Waals surface area contributed by atoms with E-state index in [1.54, 1.807) is 6.07 Å². The number of aromatic nitrogens is 1. The standard InChI is InChI=1S/C30H30F3N3O/c1-34-21-27(26-12-5-6-13-28(26)34)23(18-22-8-3-2-4-9-22)19-29(37)36-16-14-35(15-17-36)25-11-7-10-24(20-25)30(31,32)33/h2-13,20-21,23H,14-19H2,1H3. The van der Waals surface area contributed by atoms with Gasteiger partial charge in [-0.1, -0.05) is 54.6 Å². The average Bonchev–Trinajstić information content (AvgIpc) is 3.25. The van der Waals surface area contributed by atoms with Crippen molar-refractivity contribution in [1.29, 1.82) is 0 Å². The number of carbonyl (C=O) groups excluding carboxylic acids is 1. The van der Waals surface area contributed by atoms with Crippen LogP contribution in [0.4, 0.5) is 18.9 Å². The molecular formula is C30H30F3N3O. The van der Waals surface area contributed by atoms with Gasteiger partial charge in [0.1, 0.15) is 0 Å². The summed E-state index contributed by atoms with van der Waals surface area (Å²) in [4.78, 5) is 17.3. The van der Waals surface area contributed by atoms with Crippen LogP contribution < -0.4 is 4.90 Å². The molecule has 0 spiro atoms. The van der Waals surface area contributed by atoms with Crippen LogP contribution in [-0.2, 0) is 24.4 Å². The van der Waals surface area contributed by atoms with Gasteiger partial charge in [0, 0.05) is 62.4 Å². The molecule has 37 heavy (non-hydrogen) atoms. The number of aryl methyl sites for hydroxylation is 1. The smallest absolute Gasteiger partial charge is 0.368 e. The number of benzene rings is 3. The van der Waals surface area contributed by atoms with Crippen molar-refractivity contribution in [2.45, 2.75) is 24.9 Å². The van der Waals surface area contributed by atoms with E-state index in [1.807, 2.05) is 47.2 Å². The normalized spacial score (nSPS) is 15.2.